The van der Waals surface area contributed by atoms with Crippen molar-refractivity contribution in [3.8, 4) is 5.75 Å². The highest BCUT2D eigenvalue weighted by atomic mass is 35.5. The number of ether oxygens (including phenoxy) is 1. The first-order chi connectivity index (χ1) is 11.3. The molecule has 1 aliphatic carbocycles. The van der Waals surface area contributed by atoms with Crippen LogP contribution in [0.3, 0.4) is 0 Å². The highest BCUT2D eigenvalue weighted by molar-refractivity contribution is 6.33. The Morgan fingerprint density at radius 1 is 1.22 bits per heavy atom. The van der Waals surface area contributed by atoms with Crippen LogP contribution >= 0.6 is 11.6 Å². The second-order valence-electron chi connectivity index (χ2n) is 6.99. The third-order valence-electron chi connectivity index (χ3n) is 5.33. The van der Waals surface area contributed by atoms with Crippen LogP contribution < -0.4 is 10.1 Å². The first-order valence-corrected chi connectivity index (χ1v) is 8.89. The predicted molar refractivity (Wildman–Crippen MR) is 89.2 cm³/mol. The van der Waals surface area contributed by atoms with Crippen molar-refractivity contribution >= 4 is 28.4 Å². The lowest BCUT2D eigenvalue weighted by Crippen LogP contribution is -2.53. The summed E-state index contributed by atoms with van der Waals surface area (Å²) in [7, 11) is 0. The van der Waals surface area contributed by atoms with Crippen LogP contribution in [0.15, 0.2) is 16.7 Å². The standard InChI is InChI=1S/C17H20ClN3O2/c18-13-4-3-12-15(16(13)22-11-1-2-11)23-20-17(12)19-14-9-21-7-5-10(14)6-8-21/h3-4,10-11,14H,1-2,5-9H2,(H,19,20)/t14-/m0/s1. The Kier molecular flexibility index (Phi) is 3.20. The van der Waals surface area contributed by atoms with Crippen LogP contribution in [0.4, 0.5) is 5.82 Å². The van der Waals surface area contributed by atoms with Crippen LogP contribution in [-0.4, -0.2) is 41.8 Å². The van der Waals surface area contributed by atoms with E-state index in [1.165, 1.54) is 25.9 Å². The normalized spacial score (nSPS) is 29.9. The Bertz CT molecular complexity index is 735. The van der Waals surface area contributed by atoms with Crippen LogP contribution in [0.1, 0.15) is 25.7 Å². The summed E-state index contributed by atoms with van der Waals surface area (Å²) in [5, 5.41) is 9.42. The minimum atomic E-state index is 0.279. The summed E-state index contributed by atoms with van der Waals surface area (Å²) in [6.45, 7) is 3.56. The molecule has 1 aromatic heterocycles. The SMILES string of the molecule is Clc1ccc2c(N[C@H]3CN4CCC3CC4)noc2c1OC1CC1. The van der Waals surface area contributed by atoms with Gasteiger partial charge in [0.1, 0.15) is 0 Å². The number of hydrogen-bond acceptors (Lipinski definition) is 5. The van der Waals surface area contributed by atoms with Gasteiger partial charge in [-0.25, -0.2) is 0 Å². The molecular formula is C17H20ClN3O2. The summed E-state index contributed by atoms with van der Waals surface area (Å²) < 4.78 is 11.5. The molecule has 23 heavy (non-hydrogen) atoms. The lowest BCUT2D eigenvalue weighted by atomic mass is 9.84. The van der Waals surface area contributed by atoms with Crippen molar-refractivity contribution in [1.29, 1.82) is 0 Å². The number of nitrogens with zero attached hydrogens (tertiary/aromatic N) is 2. The summed E-state index contributed by atoms with van der Waals surface area (Å²) in [5.41, 5.74) is 0.660. The van der Waals surface area contributed by atoms with Crippen LogP contribution in [0.25, 0.3) is 11.0 Å². The van der Waals surface area contributed by atoms with Gasteiger partial charge in [-0.3, -0.25) is 0 Å². The molecule has 122 valence electrons. The van der Waals surface area contributed by atoms with Gasteiger partial charge in [0.05, 0.1) is 16.5 Å². The number of anilines is 1. The minimum Gasteiger partial charge on any atom is -0.485 e. The second kappa shape index (κ2) is 5.28. The molecule has 0 unspecified atom stereocenters. The fourth-order valence-electron chi connectivity index (χ4n) is 3.83. The molecule has 0 spiro atoms. The van der Waals surface area contributed by atoms with E-state index in [1.54, 1.807) is 0 Å². The molecule has 1 N–H and O–H groups in total. The average molecular weight is 334 g/mol. The van der Waals surface area contributed by atoms with E-state index in [-0.39, 0.29) is 6.10 Å². The van der Waals surface area contributed by atoms with Gasteiger partial charge in [0.15, 0.2) is 11.6 Å². The van der Waals surface area contributed by atoms with Gasteiger partial charge in [0, 0.05) is 12.6 Å². The lowest BCUT2D eigenvalue weighted by molar-refractivity contribution is 0.0973. The Hall–Kier alpha value is -1.46. The summed E-state index contributed by atoms with van der Waals surface area (Å²) in [6, 6.07) is 4.30. The fraction of sp³-hybridized carbons (Fsp3) is 0.588. The first kappa shape index (κ1) is 13.9. The van der Waals surface area contributed by atoms with Crippen molar-refractivity contribution < 1.29 is 9.26 Å². The molecule has 1 atom stereocenters. The molecule has 1 saturated carbocycles. The summed E-state index contributed by atoms with van der Waals surface area (Å²) in [4.78, 5) is 2.53. The number of halogens is 1. The molecule has 4 heterocycles. The minimum absolute atomic E-state index is 0.279. The summed E-state index contributed by atoms with van der Waals surface area (Å²) in [6.07, 6.45) is 5.00. The molecule has 1 aromatic carbocycles. The smallest absolute Gasteiger partial charge is 0.212 e. The number of nitrogens with one attached hydrogen (secondary N) is 1. The van der Waals surface area contributed by atoms with Gasteiger partial charge in [-0.2, -0.15) is 0 Å². The van der Waals surface area contributed by atoms with Crippen molar-refractivity contribution in [2.24, 2.45) is 5.92 Å². The van der Waals surface area contributed by atoms with Crippen LogP contribution in [0.5, 0.6) is 5.75 Å². The highest BCUT2D eigenvalue weighted by Crippen LogP contribution is 2.40. The summed E-state index contributed by atoms with van der Waals surface area (Å²) in [5.74, 6) is 2.19. The van der Waals surface area contributed by atoms with Crippen molar-refractivity contribution in [2.45, 2.75) is 37.8 Å². The molecule has 4 aliphatic rings. The van der Waals surface area contributed by atoms with E-state index in [4.69, 9.17) is 20.9 Å². The molecule has 3 aliphatic heterocycles. The van der Waals surface area contributed by atoms with Gasteiger partial charge in [-0.15, -0.1) is 0 Å². The maximum atomic E-state index is 6.29. The number of piperidine rings is 3. The monoisotopic (exact) mass is 333 g/mol. The topological polar surface area (TPSA) is 50.5 Å². The third-order valence-corrected chi connectivity index (χ3v) is 5.63. The van der Waals surface area contributed by atoms with E-state index >= 15 is 0 Å². The lowest BCUT2D eigenvalue weighted by Gasteiger charge is -2.44. The molecule has 0 amide bonds. The van der Waals surface area contributed by atoms with E-state index < -0.39 is 0 Å². The second-order valence-corrected chi connectivity index (χ2v) is 7.40. The zero-order valence-corrected chi connectivity index (χ0v) is 13.7. The number of fused-ring (bicyclic) bond motifs is 4. The predicted octanol–water partition coefficient (Wildman–Crippen LogP) is 3.53. The van der Waals surface area contributed by atoms with Gasteiger partial charge >= 0.3 is 0 Å². The van der Waals surface area contributed by atoms with Crippen LogP contribution in [-0.2, 0) is 0 Å². The largest absolute Gasteiger partial charge is 0.485 e. The maximum absolute atomic E-state index is 6.29. The zero-order valence-electron chi connectivity index (χ0n) is 12.9. The van der Waals surface area contributed by atoms with Crippen LogP contribution in [0.2, 0.25) is 5.02 Å². The van der Waals surface area contributed by atoms with Gasteiger partial charge in [-0.05, 0) is 56.8 Å². The molecule has 5 nitrogen and oxygen atoms in total. The Morgan fingerprint density at radius 2 is 2.04 bits per heavy atom. The molecule has 6 rings (SSSR count). The highest BCUT2D eigenvalue weighted by Gasteiger charge is 2.35. The van der Waals surface area contributed by atoms with E-state index in [1.807, 2.05) is 12.1 Å². The Morgan fingerprint density at radius 3 is 2.74 bits per heavy atom. The van der Waals surface area contributed by atoms with Gasteiger partial charge in [0.25, 0.3) is 0 Å². The fourth-order valence-corrected chi connectivity index (χ4v) is 4.02. The molecule has 3 saturated heterocycles. The third kappa shape index (κ3) is 2.46. The molecule has 6 heteroatoms. The Labute approximate surface area is 139 Å². The molecule has 0 radical (unpaired) electrons. The molecular weight excluding hydrogens is 314 g/mol. The van der Waals surface area contributed by atoms with Crippen molar-refractivity contribution in [1.82, 2.24) is 10.1 Å². The zero-order chi connectivity index (χ0) is 15.4. The number of benzene rings is 1. The van der Waals surface area contributed by atoms with Crippen molar-refractivity contribution in [3.05, 3.63) is 17.2 Å². The van der Waals surface area contributed by atoms with E-state index in [2.05, 4.69) is 15.4 Å². The van der Waals surface area contributed by atoms with Gasteiger partial charge in [0.2, 0.25) is 5.58 Å². The Balaban J connectivity index is 1.45. The summed E-state index contributed by atoms with van der Waals surface area (Å²) >= 11 is 6.29. The van der Waals surface area contributed by atoms with E-state index in [0.29, 0.717) is 22.4 Å². The van der Waals surface area contributed by atoms with E-state index in [0.717, 1.165) is 36.5 Å². The van der Waals surface area contributed by atoms with Gasteiger partial charge < -0.3 is 19.5 Å². The number of hydrogen-bond donors (Lipinski definition) is 1. The molecule has 4 fully saturated rings. The average Bonchev–Trinajstić information content (AvgIpc) is 3.31. The van der Waals surface area contributed by atoms with Crippen molar-refractivity contribution in [2.75, 3.05) is 25.0 Å². The quantitative estimate of drug-likeness (QED) is 0.927. The first-order valence-electron chi connectivity index (χ1n) is 8.51. The maximum Gasteiger partial charge on any atom is 0.212 e. The number of rotatable bonds is 4. The van der Waals surface area contributed by atoms with Gasteiger partial charge in [-0.1, -0.05) is 16.8 Å². The van der Waals surface area contributed by atoms with Crippen LogP contribution in [0, 0.1) is 5.92 Å². The van der Waals surface area contributed by atoms with Crippen molar-refractivity contribution in [3.63, 3.8) is 0 Å². The molecule has 2 aromatic rings. The molecule has 2 bridgehead atoms. The number of aromatic nitrogens is 1. The van der Waals surface area contributed by atoms with E-state index in [9.17, 15) is 0 Å².